The normalized spacial score (nSPS) is 10.8. The van der Waals surface area contributed by atoms with Crippen LogP contribution in [0.2, 0.25) is 0 Å². The van der Waals surface area contributed by atoms with Gasteiger partial charge in [-0.2, -0.15) is 0 Å². The van der Waals surface area contributed by atoms with Gasteiger partial charge in [0.2, 0.25) is 0 Å². The number of carbonyl (C=O) groups excluding carboxylic acids is 1. The van der Waals surface area contributed by atoms with E-state index in [0.29, 0.717) is 12.8 Å². The Morgan fingerprint density at radius 1 is 1.40 bits per heavy atom. The summed E-state index contributed by atoms with van der Waals surface area (Å²) in [5.74, 6) is -1.97. The van der Waals surface area contributed by atoms with Crippen molar-refractivity contribution >= 4 is 11.9 Å². The van der Waals surface area contributed by atoms with E-state index in [-0.39, 0.29) is 23.6 Å². The number of alkyl halides is 2. The van der Waals surface area contributed by atoms with Gasteiger partial charge in [-0.25, -0.2) is 13.6 Å². The highest BCUT2D eigenvalue weighted by atomic mass is 19.3. The molecule has 0 bridgehead atoms. The van der Waals surface area contributed by atoms with Gasteiger partial charge in [0.05, 0.1) is 6.54 Å². The van der Waals surface area contributed by atoms with Crippen molar-refractivity contribution < 1.29 is 27.9 Å². The summed E-state index contributed by atoms with van der Waals surface area (Å²) in [4.78, 5) is 24.0. The number of aromatic carboxylic acids is 1. The molecule has 0 fully saturated rings. The molecule has 1 amide bonds. The number of amides is 1. The second-order valence-electron chi connectivity index (χ2n) is 4.25. The zero-order valence-corrected chi connectivity index (χ0v) is 11.4. The first-order valence-electron chi connectivity index (χ1n) is 6.34. The third-order valence-corrected chi connectivity index (χ3v) is 2.71. The quantitative estimate of drug-likeness (QED) is 0.837. The minimum Gasteiger partial charge on any atom is -0.478 e. The highest BCUT2D eigenvalue weighted by Crippen LogP contribution is 2.18. The van der Waals surface area contributed by atoms with E-state index in [2.05, 4.69) is 0 Å². The zero-order chi connectivity index (χ0) is 15.3. The highest BCUT2D eigenvalue weighted by molar-refractivity contribution is 5.96. The fourth-order valence-electron chi connectivity index (χ4n) is 1.85. The van der Waals surface area contributed by atoms with Crippen molar-refractivity contribution in [2.24, 2.45) is 0 Å². The fourth-order valence-corrected chi connectivity index (χ4v) is 1.85. The maximum absolute atomic E-state index is 12.4. The summed E-state index contributed by atoms with van der Waals surface area (Å²) < 4.78 is 30.1. The van der Waals surface area contributed by atoms with Gasteiger partial charge in [-0.05, 0) is 6.42 Å². The van der Waals surface area contributed by atoms with E-state index in [0.717, 1.165) is 11.0 Å². The van der Waals surface area contributed by atoms with Crippen LogP contribution in [-0.4, -0.2) is 41.4 Å². The standard InChI is InChI=1S/C13H17F2NO4/c1-3-5-16(7-11(14)15)12(17)10-6-8(13(18)19)9(4-2)20-10/h6,11H,3-5,7H2,1-2H3,(H,18,19). The van der Waals surface area contributed by atoms with Gasteiger partial charge in [-0.1, -0.05) is 13.8 Å². The molecule has 7 heteroatoms. The summed E-state index contributed by atoms with van der Waals surface area (Å²) in [5, 5.41) is 8.97. The Hall–Kier alpha value is -1.92. The van der Waals surface area contributed by atoms with E-state index in [9.17, 15) is 18.4 Å². The van der Waals surface area contributed by atoms with E-state index in [4.69, 9.17) is 9.52 Å². The molecule has 1 rings (SSSR count). The summed E-state index contributed by atoms with van der Waals surface area (Å²) in [6.45, 7) is 2.90. The van der Waals surface area contributed by atoms with Crippen LogP contribution in [0.25, 0.3) is 0 Å². The number of hydrogen-bond donors (Lipinski definition) is 1. The van der Waals surface area contributed by atoms with Crippen LogP contribution in [0, 0.1) is 0 Å². The molecule has 0 spiro atoms. The Morgan fingerprint density at radius 2 is 2.05 bits per heavy atom. The first-order chi connectivity index (χ1) is 9.40. The fraction of sp³-hybridized carbons (Fsp3) is 0.538. The van der Waals surface area contributed by atoms with Gasteiger partial charge in [0.25, 0.3) is 12.3 Å². The smallest absolute Gasteiger partial charge is 0.339 e. The number of carboxylic acids is 1. The molecule has 0 aliphatic rings. The minimum absolute atomic E-state index is 0.107. The third kappa shape index (κ3) is 3.79. The number of furan rings is 1. The summed E-state index contributed by atoms with van der Waals surface area (Å²) in [7, 11) is 0. The van der Waals surface area contributed by atoms with Crippen molar-refractivity contribution in [1.82, 2.24) is 4.90 Å². The lowest BCUT2D eigenvalue weighted by Gasteiger charge is -2.20. The number of aryl methyl sites for hydroxylation is 1. The van der Waals surface area contributed by atoms with Gasteiger partial charge >= 0.3 is 5.97 Å². The molecule has 0 saturated heterocycles. The van der Waals surface area contributed by atoms with Crippen LogP contribution in [0.4, 0.5) is 8.78 Å². The number of halogens is 2. The molecule has 0 unspecified atom stereocenters. The number of nitrogens with zero attached hydrogens (tertiary/aromatic N) is 1. The molecule has 5 nitrogen and oxygen atoms in total. The molecule has 0 aromatic carbocycles. The molecule has 20 heavy (non-hydrogen) atoms. The maximum Gasteiger partial charge on any atom is 0.339 e. The summed E-state index contributed by atoms with van der Waals surface area (Å²) >= 11 is 0. The van der Waals surface area contributed by atoms with Crippen molar-refractivity contribution in [1.29, 1.82) is 0 Å². The molecule has 1 aromatic heterocycles. The summed E-state index contributed by atoms with van der Waals surface area (Å²) in [6.07, 6.45) is -1.83. The van der Waals surface area contributed by atoms with Crippen LogP contribution < -0.4 is 0 Å². The lowest BCUT2D eigenvalue weighted by molar-refractivity contribution is 0.0527. The third-order valence-electron chi connectivity index (χ3n) is 2.71. The number of hydrogen-bond acceptors (Lipinski definition) is 3. The Kier molecular flexibility index (Phi) is 5.66. The largest absolute Gasteiger partial charge is 0.478 e. The minimum atomic E-state index is -2.65. The van der Waals surface area contributed by atoms with Crippen LogP contribution in [-0.2, 0) is 6.42 Å². The average Bonchev–Trinajstić information content (AvgIpc) is 2.81. The summed E-state index contributed by atoms with van der Waals surface area (Å²) in [6, 6.07) is 1.09. The van der Waals surface area contributed by atoms with E-state index in [1.165, 1.54) is 0 Å². The van der Waals surface area contributed by atoms with Gasteiger partial charge < -0.3 is 14.4 Å². The lowest BCUT2D eigenvalue weighted by atomic mass is 10.2. The average molecular weight is 289 g/mol. The molecule has 1 N–H and O–H groups in total. The maximum atomic E-state index is 12.4. The molecule has 0 aliphatic carbocycles. The first kappa shape index (κ1) is 16.1. The van der Waals surface area contributed by atoms with Crippen LogP contribution >= 0.6 is 0 Å². The first-order valence-corrected chi connectivity index (χ1v) is 6.34. The van der Waals surface area contributed by atoms with Crippen LogP contribution in [0.15, 0.2) is 10.5 Å². The predicted octanol–water partition coefficient (Wildman–Crippen LogP) is 2.66. The van der Waals surface area contributed by atoms with Gasteiger partial charge in [0.15, 0.2) is 5.76 Å². The monoisotopic (exact) mass is 289 g/mol. The Labute approximate surface area is 115 Å². The van der Waals surface area contributed by atoms with Crippen molar-refractivity contribution in [3.05, 3.63) is 23.2 Å². The van der Waals surface area contributed by atoms with E-state index < -0.39 is 24.8 Å². The molecule has 0 aliphatic heterocycles. The predicted molar refractivity (Wildman–Crippen MR) is 67.2 cm³/mol. The molecule has 0 radical (unpaired) electrons. The van der Waals surface area contributed by atoms with Crippen molar-refractivity contribution in [3.63, 3.8) is 0 Å². The molecule has 0 atom stereocenters. The molecule has 1 aromatic rings. The SMILES string of the molecule is CCCN(CC(F)F)C(=O)c1cc(C(=O)O)c(CC)o1. The van der Waals surface area contributed by atoms with E-state index in [1.807, 2.05) is 0 Å². The topological polar surface area (TPSA) is 70.8 Å². The van der Waals surface area contributed by atoms with Gasteiger partial charge in [0, 0.05) is 19.0 Å². The van der Waals surface area contributed by atoms with Gasteiger partial charge in [-0.3, -0.25) is 4.79 Å². The lowest BCUT2D eigenvalue weighted by Crippen LogP contribution is -2.35. The van der Waals surface area contributed by atoms with Crippen molar-refractivity contribution in [3.8, 4) is 0 Å². The Bertz CT molecular complexity index is 485. The van der Waals surface area contributed by atoms with Crippen LogP contribution in [0.1, 0.15) is 46.9 Å². The Balaban J connectivity index is 3.02. The van der Waals surface area contributed by atoms with Crippen LogP contribution in [0.3, 0.4) is 0 Å². The Morgan fingerprint density at radius 3 is 2.45 bits per heavy atom. The summed E-state index contributed by atoms with van der Waals surface area (Å²) in [5.41, 5.74) is -0.107. The van der Waals surface area contributed by atoms with Crippen molar-refractivity contribution in [2.75, 3.05) is 13.1 Å². The second kappa shape index (κ2) is 7.02. The van der Waals surface area contributed by atoms with Gasteiger partial charge in [-0.15, -0.1) is 0 Å². The van der Waals surface area contributed by atoms with Crippen LogP contribution in [0.5, 0.6) is 0 Å². The highest BCUT2D eigenvalue weighted by Gasteiger charge is 2.25. The number of rotatable bonds is 7. The molecule has 0 saturated carbocycles. The molecule has 112 valence electrons. The van der Waals surface area contributed by atoms with E-state index >= 15 is 0 Å². The van der Waals surface area contributed by atoms with Gasteiger partial charge in [0.1, 0.15) is 11.3 Å². The second-order valence-corrected chi connectivity index (χ2v) is 4.25. The number of carboxylic acid groups (broad SMARTS) is 1. The van der Waals surface area contributed by atoms with Crippen molar-refractivity contribution in [2.45, 2.75) is 33.1 Å². The van der Waals surface area contributed by atoms with E-state index in [1.54, 1.807) is 13.8 Å². The molecular weight excluding hydrogens is 272 g/mol. The molecule has 1 heterocycles. The number of carbonyl (C=O) groups is 2. The molecular formula is C13H17F2NO4. The zero-order valence-electron chi connectivity index (χ0n) is 11.4.